The van der Waals surface area contributed by atoms with Gasteiger partial charge < -0.3 is 9.84 Å². The molecule has 0 unspecified atom stereocenters. The molecule has 0 amide bonds. The molecule has 2 nitrogen and oxygen atoms in total. The molecule has 2 rings (SSSR count). The average molecular weight is 286 g/mol. The molecule has 0 radical (unpaired) electrons. The third kappa shape index (κ3) is 3.40. The Bertz CT molecular complexity index is 608. The van der Waals surface area contributed by atoms with Crippen LogP contribution < -0.4 is 4.74 Å². The molecule has 0 saturated heterocycles. The molecule has 0 aliphatic heterocycles. The van der Waals surface area contributed by atoms with E-state index in [1.165, 1.54) is 24.3 Å². The summed E-state index contributed by atoms with van der Waals surface area (Å²) in [5.74, 6) is -1.08. The highest BCUT2D eigenvalue weighted by atomic mass is 19.4. The van der Waals surface area contributed by atoms with Crippen molar-refractivity contribution in [1.29, 1.82) is 0 Å². The third-order valence-corrected chi connectivity index (χ3v) is 2.57. The molecule has 0 fully saturated rings. The van der Waals surface area contributed by atoms with Gasteiger partial charge in [-0.15, -0.1) is 0 Å². The monoisotopic (exact) mass is 286 g/mol. The Morgan fingerprint density at radius 3 is 2.40 bits per heavy atom. The van der Waals surface area contributed by atoms with Crippen LogP contribution in [0.1, 0.15) is 11.1 Å². The molecule has 1 N–H and O–H groups in total. The third-order valence-electron chi connectivity index (χ3n) is 2.57. The number of ether oxygens (including phenoxy) is 1. The summed E-state index contributed by atoms with van der Waals surface area (Å²) in [6.45, 7) is -0.0743. The maximum absolute atomic E-state index is 12.9. The number of alkyl halides is 3. The van der Waals surface area contributed by atoms with E-state index in [0.717, 1.165) is 18.2 Å². The number of aromatic hydroxyl groups is 1. The van der Waals surface area contributed by atoms with Gasteiger partial charge in [0.05, 0.1) is 5.56 Å². The van der Waals surface area contributed by atoms with Crippen LogP contribution in [0, 0.1) is 5.82 Å². The lowest BCUT2D eigenvalue weighted by molar-refractivity contribution is -0.138. The second-order valence-electron chi connectivity index (χ2n) is 4.10. The van der Waals surface area contributed by atoms with Crippen molar-refractivity contribution in [2.45, 2.75) is 12.8 Å². The SMILES string of the molecule is Oc1cc(COc2cccc(F)c2)ccc1C(F)(F)F. The first-order chi connectivity index (χ1) is 9.36. The first-order valence-corrected chi connectivity index (χ1v) is 5.64. The molecular weight excluding hydrogens is 276 g/mol. The van der Waals surface area contributed by atoms with Gasteiger partial charge in [-0.05, 0) is 29.8 Å². The van der Waals surface area contributed by atoms with E-state index in [9.17, 15) is 22.7 Å². The molecule has 0 atom stereocenters. The molecule has 2 aromatic rings. The number of phenols is 1. The van der Waals surface area contributed by atoms with Crippen LogP contribution in [0.3, 0.4) is 0 Å². The molecule has 0 saturated carbocycles. The van der Waals surface area contributed by atoms with Crippen molar-refractivity contribution in [2.75, 3.05) is 0 Å². The summed E-state index contributed by atoms with van der Waals surface area (Å²) in [4.78, 5) is 0. The molecule has 20 heavy (non-hydrogen) atoms. The van der Waals surface area contributed by atoms with E-state index < -0.39 is 23.3 Å². The van der Waals surface area contributed by atoms with Gasteiger partial charge in [0.15, 0.2) is 0 Å². The second-order valence-corrected chi connectivity index (χ2v) is 4.10. The van der Waals surface area contributed by atoms with Gasteiger partial charge in [0.2, 0.25) is 0 Å². The smallest absolute Gasteiger partial charge is 0.419 e. The van der Waals surface area contributed by atoms with Crippen LogP contribution >= 0.6 is 0 Å². The van der Waals surface area contributed by atoms with Crippen molar-refractivity contribution in [3.05, 3.63) is 59.4 Å². The molecule has 2 aromatic carbocycles. The molecule has 0 bridgehead atoms. The first kappa shape index (κ1) is 14.2. The van der Waals surface area contributed by atoms with E-state index in [-0.39, 0.29) is 12.4 Å². The van der Waals surface area contributed by atoms with Crippen LogP contribution in [0.4, 0.5) is 17.6 Å². The number of phenolic OH excluding ortho intramolecular Hbond substituents is 1. The fourth-order valence-electron chi connectivity index (χ4n) is 1.63. The highest BCUT2D eigenvalue weighted by molar-refractivity contribution is 5.38. The summed E-state index contributed by atoms with van der Waals surface area (Å²) in [6.07, 6.45) is -4.61. The number of hydrogen-bond donors (Lipinski definition) is 1. The Balaban J connectivity index is 2.10. The van der Waals surface area contributed by atoms with Crippen molar-refractivity contribution in [1.82, 2.24) is 0 Å². The molecule has 106 valence electrons. The van der Waals surface area contributed by atoms with E-state index in [1.54, 1.807) is 0 Å². The lowest BCUT2D eigenvalue weighted by atomic mass is 10.1. The second kappa shape index (κ2) is 5.40. The van der Waals surface area contributed by atoms with E-state index in [4.69, 9.17) is 4.74 Å². The van der Waals surface area contributed by atoms with Crippen molar-refractivity contribution in [3.8, 4) is 11.5 Å². The van der Waals surface area contributed by atoms with Crippen LogP contribution in [0.25, 0.3) is 0 Å². The zero-order chi connectivity index (χ0) is 14.8. The van der Waals surface area contributed by atoms with Gasteiger partial charge >= 0.3 is 6.18 Å². The predicted molar refractivity (Wildman–Crippen MR) is 63.8 cm³/mol. The molecule has 0 spiro atoms. The van der Waals surface area contributed by atoms with Gasteiger partial charge in [0, 0.05) is 6.07 Å². The zero-order valence-corrected chi connectivity index (χ0v) is 10.1. The van der Waals surface area contributed by atoms with E-state index >= 15 is 0 Å². The minimum absolute atomic E-state index is 0.0743. The Hall–Kier alpha value is -2.24. The Labute approximate surface area is 112 Å². The normalized spacial score (nSPS) is 11.4. The average Bonchev–Trinajstić information content (AvgIpc) is 2.35. The minimum Gasteiger partial charge on any atom is -0.507 e. The van der Waals surface area contributed by atoms with Gasteiger partial charge in [-0.25, -0.2) is 4.39 Å². The van der Waals surface area contributed by atoms with Crippen LogP contribution in [0.5, 0.6) is 11.5 Å². The molecule has 6 heteroatoms. The topological polar surface area (TPSA) is 29.5 Å². The first-order valence-electron chi connectivity index (χ1n) is 5.64. The van der Waals surface area contributed by atoms with E-state index in [0.29, 0.717) is 5.56 Å². The van der Waals surface area contributed by atoms with Crippen LogP contribution in [-0.4, -0.2) is 5.11 Å². The van der Waals surface area contributed by atoms with E-state index in [1.807, 2.05) is 0 Å². The summed E-state index contributed by atoms with van der Waals surface area (Å²) in [7, 11) is 0. The Morgan fingerprint density at radius 1 is 1.05 bits per heavy atom. The fourth-order valence-corrected chi connectivity index (χ4v) is 1.63. The molecular formula is C14H10F4O2. The summed E-state index contributed by atoms with van der Waals surface area (Å²) in [5.41, 5.74) is -0.758. The Morgan fingerprint density at radius 2 is 1.80 bits per heavy atom. The van der Waals surface area contributed by atoms with Gasteiger partial charge in [-0.1, -0.05) is 12.1 Å². The summed E-state index contributed by atoms with van der Waals surface area (Å²) in [6, 6.07) is 8.33. The molecule has 0 aliphatic rings. The van der Waals surface area contributed by atoms with Gasteiger partial charge in [-0.3, -0.25) is 0 Å². The van der Waals surface area contributed by atoms with Gasteiger partial charge in [-0.2, -0.15) is 13.2 Å². The zero-order valence-electron chi connectivity index (χ0n) is 10.1. The highest BCUT2D eigenvalue weighted by Gasteiger charge is 2.33. The highest BCUT2D eigenvalue weighted by Crippen LogP contribution is 2.36. The molecule has 0 aliphatic carbocycles. The van der Waals surface area contributed by atoms with Crippen LogP contribution in [0.15, 0.2) is 42.5 Å². The van der Waals surface area contributed by atoms with Crippen LogP contribution in [0.2, 0.25) is 0 Å². The maximum Gasteiger partial charge on any atom is 0.419 e. The Kier molecular flexibility index (Phi) is 3.83. The lowest BCUT2D eigenvalue weighted by Crippen LogP contribution is -2.06. The van der Waals surface area contributed by atoms with Crippen molar-refractivity contribution >= 4 is 0 Å². The standard InChI is InChI=1S/C14H10F4O2/c15-10-2-1-3-11(7-10)20-8-9-4-5-12(13(19)6-9)14(16,17)18/h1-7,19H,8H2. The molecule has 0 aromatic heterocycles. The minimum atomic E-state index is -4.61. The summed E-state index contributed by atoms with van der Waals surface area (Å²) >= 11 is 0. The number of hydrogen-bond acceptors (Lipinski definition) is 2. The molecule has 0 heterocycles. The van der Waals surface area contributed by atoms with Gasteiger partial charge in [0.1, 0.15) is 23.9 Å². The summed E-state index contributed by atoms with van der Waals surface area (Å²) < 4.78 is 55.4. The summed E-state index contributed by atoms with van der Waals surface area (Å²) in [5, 5.41) is 9.33. The largest absolute Gasteiger partial charge is 0.507 e. The van der Waals surface area contributed by atoms with Crippen LogP contribution in [-0.2, 0) is 12.8 Å². The fraction of sp³-hybridized carbons (Fsp3) is 0.143. The maximum atomic E-state index is 12.9. The van der Waals surface area contributed by atoms with Crippen molar-refractivity contribution in [3.63, 3.8) is 0 Å². The van der Waals surface area contributed by atoms with Gasteiger partial charge in [0.25, 0.3) is 0 Å². The van der Waals surface area contributed by atoms with Crippen molar-refractivity contribution in [2.24, 2.45) is 0 Å². The van der Waals surface area contributed by atoms with E-state index in [2.05, 4.69) is 0 Å². The number of rotatable bonds is 3. The quantitative estimate of drug-likeness (QED) is 0.860. The number of benzene rings is 2. The lowest BCUT2D eigenvalue weighted by Gasteiger charge is -2.11. The van der Waals surface area contributed by atoms with Crippen molar-refractivity contribution < 1.29 is 27.4 Å². The number of halogens is 4. The predicted octanol–water partition coefficient (Wildman–Crippen LogP) is 4.13.